The number of fused-ring (bicyclic) bond motifs is 6. The number of nitrogens with zero attached hydrogens (tertiary/aromatic N) is 3. The lowest BCUT2D eigenvalue weighted by Gasteiger charge is -2.63. The lowest BCUT2D eigenvalue weighted by Crippen LogP contribution is -2.81. The van der Waals surface area contributed by atoms with Crippen LogP contribution in [0.15, 0.2) is 48.6 Å². The maximum atomic E-state index is 15.4. The number of ether oxygens (including phenoxy) is 2. The van der Waals surface area contributed by atoms with Crippen molar-refractivity contribution in [3.8, 4) is 5.75 Å². The third kappa shape index (κ3) is 6.06. The first-order valence-corrected chi connectivity index (χ1v) is 26.0. The molecule has 3 fully saturated rings. The highest BCUT2D eigenvalue weighted by Crippen LogP contribution is 2.67. The van der Waals surface area contributed by atoms with Gasteiger partial charge in [-0.15, -0.1) is 0 Å². The molecule has 6 aliphatic rings. The van der Waals surface area contributed by atoms with Gasteiger partial charge in [0.25, 0.3) is 5.91 Å². The molecule has 6 N–H and O–H groups in total. The second-order valence-corrected chi connectivity index (χ2v) is 24.4. The van der Waals surface area contributed by atoms with Gasteiger partial charge in [-0.1, -0.05) is 44.2 Å². The number of aromatic amines is 1. The van der Waals surface area contributed by atoms with Crippen LogP contribution in [0, 0.1) is 11.3 Å². The van der Waals surface area contributed by atoms with Crippen LogP contribution in [-0.2, 0) is 31.6 Å². The average Bonchev–Trinajstić information content (AvgIpc) is 3.91. The van der Waals surface area contributed by atoms with Crippen LogP contribution in [0.5, 0.6) is 5.75 Å². The normalized spacial score (nSPS) is 36.2. The van der Waals surface area contributed by atoms with Crippen LogP contribution in [-0.4, -0.2) is 145 Å². The van der Waals surface area contributed by atoms with E-state index >= 15 is 4.79 Å². The van der Waals surface area contributed by atoms with Crippen LogP contribution in [0.1, 0.15) is 74.8 Å². The highest BCUT2D eigenvalue weighted by Gasteiger charge is 2.78. The van der Waals surface area contributed by atoms with E-state index in [0.29, 0.717) is 95.0 Å². The van der Waals surface area contributed by atoms with Gasteiger partial charge in [-0.25, -0.2) is 0 Å². The molecule has 1 saturated carbocycles. The van der Waals surface area contributed by atoms with Crippen LogP contribution in [0.4, 0.5) is 5.69 Å². The summed E-state index contributed by atoms with van der Waals surface area (Å²) in [4.78, 5) is 51.3. The van der Waals surface area contributed by atoms with Gasteiger partial charge in [-0.05, 0) is 99.8 Å². The first-order valence-electron chi connectivity index (χ1n) is 22.9. The number of carbonyl (C=O) groups excluding carboxylic acids is 2. The van der Waals surface area contributed by atoms with Crippen molar-refractivity contribution in [3.05, 3.63) is 70.9 Å². The van der Waals surface area contributed by atoms with Crippen molar-refractivity contribution in [1.82, 2.24) is 20.1 Å². The van der Waals surface area contributed by atoms with E-state index in [0.717, 1.165) is 33.4 Å². The predicted molar refractivity (Wildman–Crippen MR) is 241 cm³/mol. The van der Waals surface area contributed by atoms with E-state index in [2.05, 4.69) is 44.4 Å². The van der Waals surface area contributed by atoms with Crippen LogP contribution in [0.3, 0.4) is 0 Å². The molecule has 0 radical (unpaired) electrons. The zero-order valence-electron chi connectivity index (χ0n) is 37.6. The van der Waals surface area contributed by atoms with Crippen molar-refractivity contribution in [1.29, 1.82) is 0 Å². The Kier molecular flexibility index (Phi) is 10.6. The molecule has 1 aliphatic carbocycles. The molecular formula is C48H67N5O8Si. The molecule has 6 heterocycles. The molecule has 10 atom stereocenters. The summed E-state index contributed by atoms with van der Waals surface area (Å²) in [5, 5.41) is 42.2. The number of likely N-dealkylation sites (N-methyl/N-ethyl adjacent to an activating group) is 1. The number of nitrogens with one attached hydrogen (secondary N) is 2. The minimum Gasteiger partial charge on any atom is -0.496 e. The molecule has 5 aliphatic heterocycles. The van der Waals surface area contributed by atoms with Gasteiger partial charge in [0.05, 0.1) is 25.9 Å². The minimum absolute atomic E-state index is 0.0902. The molecule has 13 nitrogen and oxygen atoms in total. The highest BCUT2D eigenvalue weighted by atomic mass is 28.4. The Morgan fingerprint density at radius 1 is 1.03 bits per heavy atom. The van der Waals surface area contributed by atoms with E-state index in [1.807, 2.05) is 63.2 Å². The maximum absolute atomic E-state index is 15.4. The average molecular weight is 870 g/mol. The monoisotopic (exact) mass is 869 g/mol. The Bertz CT molecular complexity index is 2300. The van der Waals surface area contributed by atoms with Crippen molar-refractivity contribution in [2.75, 3.05) is 65.4 Å². The van der Waals surface area contributed by atoms with Crippen LogP contribution in [0.2, 0.25) is 19.1 Å². The maximum Gasteiger partial charge on any atom is 0.322 e. The lowest BCUT2D eigenvalue weighted by atomic mass is 9.47. The summed E-state index contributed by atoms with van der Waals surface area (Å²) in [7, 11) is 2.58. The molecule has 1 amide bonds. The molecule has 14 heteroatoms. The highest BCUT2D eigenvalue weighted by molar-refractivity contribution is 6.69. The van der Waals surface area contributed by atoms with Crippen LogP contribution < -0.4 is 15.0 Å². The first kappa shape index (κ1) is 43.5. The molecule has 2 saturated heterocycles. The Morgan fingerprint density at radius 3 is 2.52 bits per heavy atom. The predicted octanol–water partition coefficient (Wildman–Crippen LogP) is 3.95. The van der Waals surface area contributed by atoms with E-state index in [4.69, 9.17) is 9.47 Å². The van der Waals surface area contributed by atoms with Gasteiger partial charge < -0.3 is 44.8 Å². The molecule has 2 unspecified atom stereocenters. The Labute approximate surface area is 366 Å². The summed E-state index contributed by atoms with van der Waals surface area (Å²) in [6, 6.07) is 11.7. The molecule has 2 bridgehead atoms. The van der Waals surface area contributed by atoms with Crippen LogP contribution >= 0.6 is 0 Å². The molecule has 2 aromatic carbocycles. The number of amides is 1. The van der Waals surface area contributed by atoms with Crippen LogP contribution in [0.25, 0.3) is 10.9 Å². The first-order chi connectivity index (χ1) is 29.5. The third-order valence-corrected chi connectivity index (χ3v) is 18.0. The number of aliphatic hydroxyl groups excluding tert-OH is 1. The number of benzene rings is 2. The van der Waals surface area contributed by atoms with Gasteiger partial charge in [-0.3, -0.25) is 19.4 Å². The molecular weight excluding hydrogens is 803 g/mol. The number of anilines is 1. The number of esters is 1. The van der Waals surface area contributed by atoms with Gasteiger partial charge in [0, 0.05) is 90.6 Å². The Hall–Kier alpha value is -3.76. The zero-order valence-corrected chi connectivity index (χ0v) is 38.6. The number of H-pyrrole nitrogens is 1. The number of aromatic nitrogens is 1. The fourth-order valence-electron chi connectivity index (χ4n) is 13.9. The number of carbonyl (C=O) groups is 2. The van der Waals surface area contributed by atoms with E-state index < -0.39 is 59.8 Å². The van der Waals surface area contributed by atoms with Crippen molar-refractivity contribution < 1.29 is 39.2 Å². The summed E-state index contributed by atoms with van der Waals surface area (Å²) in [6.45, 7) is 11.4. The number of hydrogen-bond acceptors (Lipinski definition) is 11. The molecule has 9 rings (SSSR count). The van der Waals surface area contributed by atoms with E-state index in [9.17, 15) is 24.9 Å². The summed E-state index contributed by atoms with van der Waals surface area (Å²) in [6.07, 6.45) is 6.41. The van der Waals surface area contributed by atoms with E-state index in [1.165, 1.54) is 7.11 Å². The van der Waals surface area contributed by atoms with Crippen molar-refractivity contribution >= 4 is 36.8 Å². The second-order valence-electron chi connectivity index (χ2n) is 20.3. The smallest absolute Gasteiger partial charge is 0.322 e. The van der Waals surface area contributed by atoms with Gasteiger partial charge >= 0.3 is 5.97 Å². The zero-order chi connectivity index (χ0) is 44.2. The quantitative estimate of drug-likeness (QED) is 0.0756. The number of para-hydroxylation sites is 1. The molecule has 3 aromatic rings. The lowest BCUT2D eigenvalue weighted by molar-refractivity contribution is -0.203. The molecule has 1 aromatic heterocycles. The second kappa shape index (κ2) is 15.2. The van der Waals surface area contributed by atoms with Crippen molar-refractivity contribution in [2.45, 2.75) is 118 Å². The number of hydrogen-bond donors (Lipinski definition) is 6. The van der Waals surface area contributed by atoms with Crippen molar-refractivity contribution in [3.63, 3.8) is 0 Å². The number of piperidine rings is 1. The SMILES string of the molecule is CC[C@]1(O)CC2CN(CCc3c([nH]c4ccccc34)[C@@](C(=O)OC)(c3cc4c(cc3OC)N(C)[C@H]3[C@@](O)(C(=O)NCCC[Si](C)(C)O)[C@H](O)[C@]5(CC)C=CCN6CC[C@]43[C@@H]65)C2)C1. The number of aliphatic hydroxyl groups is 3. The number of methoxy groups -OCH3 is 2. The number of rotatable bonds is 10. The summed E-state index contributed by atoms with van der Waals surface area (Å²) < 4.78 is 12.4. The van der Waals surface area contributed by atoms with E-state index in [-0.39, 0.29) is 18.5 Å². The molecule has 1 spiro atoms. The van der Waals surface area contributed by atoms with Gasteiger partial charge in [-0.2, -0.15) is 0 Å². The fraction of sp³-hybridized carbons (Fsp3) is 0.625. The van der Waals surface area contributed by atoms with Gasteiger partial charge in [0.1, 0.15) is 17.3 Å². The van der Waals surface area contributed by atoms with Crippen molar-refractivity contribution in [2.24, 2.45) is 11.3 Å². The molecule has 336 valence electrons. The summed E-state index contributed by atoms with van der Waals surface area (Å²) in [5.74, 6) is -0.670. The summed E-state index contributed by atoms with van der Waals surface area (Å²) >= 11 is 0. The van der Waals surface area contributed by atoms with Gasteiger partial charge in [0.2, 0.25) is 0 Å². The largest absolute Gasteiger partial charge is 0.496 e. The fourth-order valence-corrected chi connectivity index (χ4v) is 14.9. The van der Waals surface area contributed by atoms with Gasteiger partial charge in [0.15, 0.2) is 13.9 Å². The third-order valence-electron chi connectivity index (χ3n) is 16.5. The standard InChI is InChI=1S/C48H67N5O8Si/c1-8-44(57)26-30-27-47(43(56)61-5,38-32(16-21-52(28-30)29-44)31-14-10-11-15-35(31)50-38)34-24-33-36(25-37(34)60-4)51(3)40-46(33)18-22-53-20-12-17-45(9-2,39(46)53)41(54)48(40,58)42(55)49-19-13-23-62(6,7)59/h10-12,14-15,17,24-25,30,39-41,50,54,57-59H,8-9,13,16,18-23,26-29H2,1-7H3,(H,49,55)/t30?,39-,40+,41+,44-,45+,46+,47-,48-/m0/s1. The minimum atomic E-state index is -2.38. The van der Waals surface area contributed by atoms with E-state index in [1.54, 1.807) is 7.11 Å². The summed E-state index contributed by atoms with van der Waals surface area (Å²) in [5.41, 5.74) is -1.42. The Balaban J connectivity index is 1.29. The molecule has 62 heavy (non-hydrogen) atoms. The Morgan fingerprint density at radius 2 is 1.81 bits per heavy atom. The topological polar surface area (TPSA) is 171 Å².